The molecule has 0 spiro atoms. The maximum absolute atomic E-state index is 12.6. The molecule has 1 unspecified atom stereocenters. The number of nitrogens with zero attached hydrogens (tertiary/aromatic N) is 2. The average Bonchev–Trinajstić information content (AvgIpc) is 3.13. The maximum Gasteiger partial charge on any atom is 0.284 e. The zero-order valence-electron chi connectivity index (χ0n) is 13.8. The number of piperidine rings is 1. The van der Waals surface area contributed by atoms with Crippen molar-refractivity contribution in [2.75, 3.05) is 39.3 Å². The first-order chi connectivity index (χ1) is 11.9. The van der Waals surface area contributed by atoms with Crippen LogP contribution >= 0.6 is 0 Å². The molecule has 9 nitrogen and oxygen atoms in total. The van der Waals surface area contributed by atoms with E-state index in [9.17, 15) is 18.0 Å². The Bertz CT molecular complexity index is 746. The Morgan fingerprint density at radius 1 is 1.20 bits per heavy atom. The summed E-state index contributed by atoms with van der Waals surface area (Å²) in [6, 6.07) is 2.46. The van der Waals surface area contributed by atoms with Crippen LogP contribution < -0.4 is 11.1 Å². The van der Waals surface area contributed by atoms with Crippen LogP contribution in [0.1, 0.15) is 23.4 Å². The van der Waals surface area contributed by atoms with Gasteiger partial charge < -0.3 is 20.4 Å². The number of carbonyl (C=O) groups excluding carboxylic acids is 2. The Balaban J connectivity index is 1.62. The number of nitrogens with one attached hydrogen (secondary N) is 1. The summed E-state index contributed by atoms with van der Waals surface area (Å²) in [5, 5.41) is 2.91. The molecule has 2 amide bonds. The summed E-state index contributed by atoms with van der Waals surface area (Å²) in [6.07, 6.45) is 1.85. The van der Waals surface area contributed by atoms with Crippen LogP contribution in [0.5, 0.6) is 0 Å². The van der Waals surface area contributed by atoms with E-state index in [4.69, 9.17) is 10.2 Å². The van der Waals surface area contributed by atoms with Gasteiger partial charge in [-0.2, -0.15) is 4.31 Å². The summed E-state index contributed by atoms with van der Waals surface area (Å²) >= 11 is 0. The summed E-state index contributed by atoms with van der Waals surface area (Å²) in [6.45, 7) is 2.70. The Morgan fingerprint density at radius 2 is 1.92 bits per heavy atom. The van der Waals surface area contributed by atoms with Gasteiger partial charge in [-0.05, 0) is 31.5 Å². The van der Waals surface area contributed by atoms with Crippen molar-refractivity contribution in [1.29, 1.82) is 0 Å². The molecule has 0 aliphatic carbocycles. The lowest BCUT2D eigenvalue weighted by atomic mass is 9.98. The van der Waals surface area contributed by atoms with Crippen LogP contribution in [0.3, 0.4) is 0 Å². The van der Waals surface area contributed by atoms with E-state index >= 15 is 0 Å². The molecule has 3 rings (SSSR count). The van der Waals surface area contributed by atoms with Gasteiger partial charge in [0, 0.05) is 32.7 Å². The highest BCUT2D eigenvalue weighted by molar-refractivity contribution is 7.89. The summed E-state index contributed by atoms with van der Waals surface area (Å²) < 4.78 is 31.4. The Labute approximate surface area is 146 Å². The molecule has 0 radical (unpaired) electrons. The van der Waals surface area contributed by atoms with Gasteiger partial charge in [0.25, 0.3) is 15.9 Å². The fourth-order valence-electron chi connectivity index (χ4n) is 3.19. The topological polar surface area (TPSA) is 126 Å². The molecule has 138 valence electrons. The van der Waals surface area contributed by atoms with Crippen molar-refractivity contribution in [3.63, 3.8) is 0 Å². The third-order valence-electron chi connectivity index (χ3n) is 4.61. The lowest BCUT2D eigenvalue weighted by Crippen LogP contribution is -2.53. The van der Waals surface area contributed by atoms with E-state index in [1.165, 1.54) is 16.4 Å². The molecular formula is C15H22N4O5S. The van der Waals surface area contributed by atoms with Gasteiger partial charge in [-0.1, -0.05) is 0 Å². The maximum atomic E-state index is 12.6. The largest absolute Gasteiger partial charge is 0.438 e. The molecule has 0 saturated carbocycles. The SMILES string of the molecule is NC(=O)c1ccc(S(=O)(=O)N2CCN(C(=O)C3CCCNC3)CC2)o1. The summed E-state index contributed by atoms with van der Waals surface area (Å²) in [5.41, 5.74) is 5.08. The molecule has 2 saturated heterocycles. The molecule has 10 heteroatoms. The zero-order valence-corrected chi connectivity index (χ0v) is 14.6. The second-order valence-corrected chi connectivity index (χ2v) is 8.12. The van der Waals surface area contributed by atoms with Crippen LogP contribution in [0.25, 0.3) is 0 Å². The molecular weight excluding hydrogens is 348 g/mol. The van der Waals surface area contributed by atoms with Gasteiger partial charge in [-0.25, -0.2) is 8.42 Å². The highest BCUT2D eigenvalue weighted by atomic mass is 32.2. The lowest BCUT2D eigenvalue weighted by molar-refractivity contribution is -0.137. The second kappa shape index (κ2) is 7.14. The predicted octanol–water partition coefficient (Wildman–Crippen LogP) is -0.789. The first-order valence-corrected chi connectivity index (χ1v) is 9.73. The van der Waals surface area contributed by atoms with Gasteiger partial charge in [-0.3, -0.25) is 9.59 Å². The first-order valence-electron chi connectivity index (χ1n) is 8.29. The van der Waals surface area contributed by atoms with Crippen molar-refractivity contribution in [3.05, 3.63) is 17.9 Å². The fourth-order valence-corrected chi connectivity index (χ4v) is 4.52. The third kappa shape index (κ3) is 3.70. The molecule has 0 bridgehead atoms. The second-order valence-electron chi connectivity index (χ2n) is 6.26. The fraction of sp³-hybridized carbons (Fsp3) is 0.600. The molecule has 2 aliphatic heterocycles. The molecule has 2 fully saturated rings. The first kappa shape index (κ1) is 17.9. The summed E-state index contributed by atoms with van der Waals surface area (Å²) in [4.78, 5) is 25.3. The summed E-state index contributed by atoms with van der Waals surface area (Å²) in [5.74, 6) is -0.964. The highest BCUT2D eigenvalue weighted by Gasteiger charge is 2.34. The number of furan rings is 1. The lowest BCUT2D eigenvalue weighted by Gasteiger charge is -2.36. The highest BCUT2D eigenvalue weighted by Crippen LogP contribution is 2.21. The van der Waals surface area contributed by atoms with Gasteiger partial charge in [0.15, 0.2) is 5.76 Å². The molecule has 1 aromatic heterocycles. The minimum absolute atomic E-state index is 0.0277. The van der Waals surface area contributed by atoms with Gasteiger partial charge in [-0.15, -0.1) is 0 Å². The number of hydrogen-bond acceptors (Lipinski definition) is 6. The zero-order chi connectivity index (χ0) is 18.0. The number of amides is 2. The smallest absolute Gasteiger partial charge is 0.284 e. The Kier molecular flexibility index (Phi) is 5.11. The number of nitrogens with two attached hydrogens (primary N) is 1. The Hall–Kier alpha value is -1.91. The van der Waals surface area contributed by atoms with Crippen molar-refractivity contribution in [1.82, 2.24) is 14.5 Å². The number of hydrogen-bond donors (Lipinski definition) is 2. The van der Waals surface area contributed by atoms with E-state index in [-0.39, 0.29) is 35.8 Å². The van der Waals surface area contributed by atoms with Crippen LogP contribution in [0.4, 0.5) is 0 Å². The molecule has 0 aromatic carbocycles. The minimum Gasteiger partial charge on any atom is -0.438 e. The van der Waals surface area contributed by atoms with Crippen LogP contribution in [0.15, 0.2) is 21.6 Å². The van der Waals surface area contributed by atoms with E-state index in [1.54, 1.807) is 4.90 Å². The quantitative estimate of drug-likeness (QED) is 0.715. The van der Waals surface area contributed by atoms with Gasteiger partial charge in [0.1, 0.15) is 0 Å². The van der Waals surface area contributed by atoms with Gasteiger partial charge in [0.05, 0.1) is 5.92 Å². The standard InChI is InChI=1S/C15H22N4O5S/c16-14(20)12-3-4-13(24-12)25(22,23)19-8-6-18(7-9-19)15(21)11-2-1-5-17-10-11/h3-4,11,17H,1-2,5-10H2,(H2,16,20). The number of piperazine rings is 1. The van der Waals surface area contributed by atoms with Crippen molar-refractivity contribution >= 4 is 21.8 Å². The van der Waals surface area contributed by atoms with Crippen LogP contribution in [0.2, 0.25) is 0 Å². The molecule has 3 N–H and O–H groups in total. The van der Waals surface area contributed by atoms with E-state index in [2.05, 4.69) is 5.32 Å². The normalized spacial score (nSPS) is 22.7. The molecule has 25 heavy (non-hydrogen) atoms. The van der Waals surface area contributed by atoms with Crippen molar-refractivity contribution in [3.8, 4) is 0 Å². The van der Waals surface area contributed by atoms with Crippen molar-refractivity contribution in [2.45, 2.75) is 17.9 Å². The molecule has 1 aromatic rings. The monoisotopic (exact) mass is 370 g/mol. The van der Waals surface area contributed by atoms with E-state index in [0.29, 0.717) is 19.6 Å². The number of sulfonamides is 1. The van der Waals surface area contributed by atoms with E-state index in [1.807, 2.05) is 0 Å². The number of carbonyl (C=O) groups is 2. The third-order valence-corrected chi connectivity index (χ3v) is 6.39. The van der Waals surface area contributed by atoms with Gasteiger partial charge >= 0.3 is 0 Å². The average molecular weight is 370 g/mol. The Morgan fingerprint density at radius 3 is 2.48 bits per heavy atom. The van der Waals surface area contributed by atoms with E-state index in [0.717, 1.165) is 19.4 Å². The van der Waals surface area contributed by atoms with Crippen LogP contribution in [0, 0.1) is 5.92 Å². The summed E-state index contributed by atoms with van der Waals surface area (Å²) in [7, 11) is -3.84. The van der Waals surface area contributed by atoms with Crippen LogP contribution in [-0.2, 0) is 14.8 Å². The van der Waals surface area contributed by atoms with E-state index < -0.39 is 15.9 Å². The molecule has 2 aliphatic rings. The number of rotatable bonds is 4. The number of primary amides is 1. The minimum atomic E-state index is -3.84. The predicted molar refractivity (Wildman–Crippen MR) is 88.2 cm³/mol. The van der Waals surface area contributed by atoms with Crippen LogP contribution in [-0.4, -0.2) is 68.7 Å². The van der Waals surface area contributed by atoms with Gasteiger partial charge in [0.2, 0.25) is 11.0 Å². The van der Waals surface area contributed by atoms with Crippen molar-refractivity contribution < 1.29 is 22.4 Å². The van der Waals surface area contributed by atoms with Crippen molar-refractivity contribution in [2.24, 2.45) is 11.7 Å². The molecule has 1 atom stereocenters. The molecule has 3 heterocycles.